The first kappa shape index (κ1) is 14.8. The van der Waals surface area contributed by atoms with Crippen molar-refractivity contribution >= 4 is 23.5 Å². The van der Waals surface area contributed by atoms with Crippen LogP contribution in [0, 0.1) is 0 Å². The van der Waals surface area contributed by atoms with Gasteiger partial charge in [-0.1, -0.05) is 11.6 Å². The minimum atomic E-state index is -0.482. The standard InChI is InChI=1S/C13H19ClN4O2/c1-13(2,3)20-12(19)15-9-6-7-18(8-9)11-5-4-10(14)16-17-11/h4-5,9H,6-8H2,1-3H3,(H,15,19)/t9-/m1/s1. The van der Waals surface area contributed by atoms with E-state index in [9.17, 15) is 4.79 Å². The van der Waals surface area contributed by atoms with Crippen LogP contribution in [0.3, 0.4) is 0 Å². The molecule has 0 aromatic carbocycles. The van der Waals surface area contributed by atoms with Gasteiger partial charge in [-0.25, -0.2) is 4.79 Å². The maximum absolute atomic E-state index is 11.7. The molecule has 1 aromatic heterocycles. The van der Waals surface area contributed by atoms with Gasteiger partial charge >= 0.3 is 6.09 Å². The molecule has 1 saturated heterocycles. The largest absolute Gasteiger partial charge is 0.444 e. The Morgan fingerprint density at radius 3 is 2.80 bits per heavy atom. The van der Waals surface area contributed by atoms with Crippen molar-refractivity contribution in [2.45, 2.75) is 38.8 Å². The zero-order valence-electron chi connectivity index (χ0n) is 11.9. The number of nitrogens with one attached hydrogen (secondary N) is 1. The molecule has 0 spiro atoms. The summed E-state index contributed by atoms with van der Waals surface area (Å²) in [6.07, 6.45) is 0.468. The van der Waals surface area contributed by atoms with Crippen LogP contribution < -0.4 is 10.2 Å². The fourth-order valence-corrected chi connectivity index (χ4v) is 2.14. The number of amides is 1. The van der Waals surface area contributed by atoms with Crippen LogP contribution in [0.1, 0.15) is 27.2 Å². The highest BCUT2D eigenvalue weighted by Gasteiger charge is 2.26. The first-order chi connectivity index (χ1) is 9.33. The Morgan fingerprint density at radius 1 is 1.45 bits per heavy atom. The van der Waals surface area contributed by atoms with Crippen LogP contribution in [0.2, 0.25) is 5.15 Å². The van der Waals surface area contributed by atoms with Gasteiger partial charge in [0.25, 0.3) is 0 Å². The number of carbonyl (C=O) groups is 1. The second kappa shape index (κ2) is 5.83. The molecule has 1 atom stereocenters. The van der Waals surface area contributed by atoms with Crippen LogP contribution in [0.25, 0.3) is 0 Å². The summed E-state index contributed by atoms with van der Waals surface area (Å²) >= 11 is 5.71. The molecule has 2 rings (SSSR count). The lowest BCUT2D eigenvalue weighted by molar-refractivity contribution is 0.0509. The molecular weight excluding hydrogens is 280 g/mol. The van der Waals surface area contributed by atoms with Crippen molar-refractivity contribution in [3.8, 4) is 0 Å². The second-order valence-electron chi connectivity index (χ2n) is 5.79. The topological polar surface area (TPSA) is 67.3 Å². The van der Waals surface area contributed by atoms with Crippen LogP contribution in [0.15, 0.2) is 12.1 Å². The number of halogens is 1. The van der Waals surface area contributed by atoms with Gasteiger partial charge in [0.15, 0.2) is 11.0 Å². The molecule has 0 unspecified atom stereocenters. The summed E-state index contributed by atoms with van der Waals surface area (Å²) in [4.78, 5) is 13.8. The lowest BCUT2D eigenvalue weighted by Crippen LogP contribution is -2.40. The number of carbonyl (C=O) groups excluding carboxylic acids is 1. The summed E-state index contributed by atoms with van der Waals surface area (Å²) in [6.45, 7) is 7.04. The molecule has 0 aliphatic carbocycles. The molecule has 7 heteroatoms. The van der Waals surface area contributed by atoms with Gasteiger partial charge in [0.2, 0.25) is 0 Å². The number of alkyl carbamates (subject to hydrolysis) is 1. The van der Waals surface area contributed by atoms with E-state index in [1.54, 1.807) is 6.07 Å². The zero-order chi connectivity index (χ0) is 14.8. The van der Waals surface area contributed by atoms with E-state index >= 15 is 0 Å². The normalized spacial score (nSPS) is 19.0. The van der Waals surface area contributed by atoms with Crippen LogP contribution in [0.4, 0.5) is 10.6 Å². The first-order valence-corrected chi connectivity index (χ1v) is 6.95. The van der Waals surface area contributed by atoms with Crippen LogP contribution in [-0.4, -0.2) is 41.0 Å². The van der Waals surface area contributed by atoms with Gasteiger partial charge < -0.3 is 15.0 Å². The molecule has 1 N–H and O–H groups in total. The van der Waals surface area contributed by atoms with Crippen molar-refractivity contribution in [2.75, 3.05) is 18.0 Å². The lowest BCUT2D eigenvalue weighted by atomic mass is 10.2. The minimum Gasteiger partial charge on any atom is -0.444 e. The minimum absolute atomic E-state index is 0.0577. The lowest BCUT2D eigenvalue weighted by Gasteiger charge is -2.22. The predicted octanol–water partition coefficient (Wildman–Crippen LogP) is 2.23. The Kier molecular flexibility index (Phi) is 4.32. The van der Waals surface area contributed by atoms with Gasteiger partial charge in [-0.05, 0) is 39.3 Å². The average Bonchev–Trinajstić information content (AvgIpc) is 2.75. The summed E-state index contributed by atoms with van der Waals surface area (Å²) in [6, 6.07) is 3.59. The van der Waals surface area contributed by atoms with Crippen molar-refractivity contribution in [1.29, 1.82) is 0 Å². The highest BCUT2D eigenvalue weighted by atomic mass is 35.5. The highest BCUT2D eigenvalue weighted by Crippen LogP contribution is 2.18. The smallest absolute Gasteiger partial charge is 0.407 e. The number of nitrogens with zero attached hydrogens (tertiary/aromatic N) is 3. The second-order valence-corrected chi connectivity index (χ2v) is 6.18. The van der Waals surface area contributed by atoms with Gasteiger partial charge in [0, 0.05) is 13.1 Å². The predicted molar refractivity (Wildman–Crippen MR) is 77.0 cm³/mol. The van der Waals surface area contributed by atoms with E-state index in [1.165, 1.54) is 0 Å². The Hall–Kier alpha value is -1.56. The van der Waals surface area contributed by atoms with Gasteiger partial charge in [-0.2, -0.15) is 0 Å². The number of ether oxygens (including phenoxy) is 1. The zero-order valence-corrected chi connectivity index (χ0v) is 12.6. The van der Waals surface area contributed by atoms with Gasteiger partial charge in [-0.15, -0.1) is 10.2 Å². The van der Waals surface area contributed by atoms with E-state index in [0.717, 1.165) is 18.8 Å². The maximum Gasteiger partial charge on any atom is 0.407 e. The third-order valence-corrected chi connectivity index (χ3v) is 3.05. The maximum atomic E-state index is 11.7. The van der Waals surface area contributed by atoms with Crippen molar-refractivity contribution in [2.24, 2.45) is 0 Å². The molecule has 0 saturated carbocycles. The molecule has 1 amide bonds. The molecule has 0 radical (unpaired) electrons. The van der Waals surface area contributed by atoms with Crippen LogP contribution in [0.5, 0.6) is 0 Å². The molecule has 2 heterocycles. The van der Waals surface area contributed by atoms with Gasteiger partial charge in [0.05, 0.1) is 6.04 Å². The fraction of sp³-hybridized carbons (Fsp3) is 0.615. The Balaban J connectivity index is 1.86. The van der Waals surface area contributed by atoms with Crippen LogP contribution in [-0.2, 0) is 4.74 Å². The fourth-order valence-electron chi connectivity index (χ4n) is 2.04. The third-order valence-electron chi connectivity index (χ3n) is 2.85. The number of aromatic nitrogens is 2. The van der Waals surface area contributed by atoms with Crippen molar-refractivity contribution in [3.05, 3.63) is 17.3 Å². The van der Waals surface area contributed by atoms with Crippen molar-refractivity contribution in [1.82, 2.24) is 15.5 Å². The summed E-state index contributed by atoms with van der Waals surface area (Å²) in [5.41, 5.74) is -0.482. The molecular formula is C13H19ClN4O2. The van der Waals surface area contributed by atoms with E-state index < -0.39 is 5.60 Å². The van der Waals surface area contributed by atoms with Gasteiger partial charge in [-0.3, -0.25) is 0 Å². The molecule has 6 nitrogen and oxygen atoms in total. The van der Waals surface area contributed by atoms with E-state index in [-0.39, 0.29) is 12.1 Å². The van der Waals surface area contributed by atoms with Gasteiger partial charge in [0.1, 0.15) is 5.60 Å². The SMILES string of the molecule is CC(C)(C)OC(=O)N[C@@H]1CCN(c2ccc(Cl)nn2)C1. The van der Waals surface area contributed by atoms with Crippen LogP contribution >= 0.6 is 11.6 Å². The molecule has 1 fully saturated rings. The number of hydrogen-bond acceptors (Lipinski definition) is 5. The molecule has 1 aliphatic rings. The van der Waals surface area contributed by atoms with E-state index in [4.69, 9.17) is 16.3 Å². The van der Waals surface area contributed by atoms with E-state index in [1.807, 2.05) is 26.8 Å². The summed E-state index contributed by atoms with van der Waals surface area (Å²) < 4.78 is 5.24. The van der Waals surface area contributed by atoms with E-state index in [0.29, 0.717) is 11.7 Å². The molecule has 1 aliphatic heterocycles. The molecule has 110 valence electrons. The Bertz CT molecular complexity index is 472. The summed E-state index contributed by atoms with van der Waals surface area (Å²) in [5.74, 6) is 0.767. The van der Waals surface area contributed by atoms with Crippen molar-refractivity contribution in [3.63, 3.8) is 0 Å². The average molecular weight is 299 g/mol. The summed E-state index contributed by atoms with van der Waals surface area (Å²) in [7, 11) is 0. The quantitative estimate of drug-likeness (QED) is 0.907. The Labute approximate surface area is 123 Å². The third kappa shape index (κ3) is 4.23. The molecule has 0 bridgehead atoms. The highest BCUT2D eigenvalue weighted by molar-refractivity contribution is 6.29. The molecule has 20 heavy (non-hydrogen) atoms. The number of anilines is 1. The first-order valence-electron chi connectivity index (χ1n) is 6.57. The van der Waals surface area contributed by atoms with Crippen molar-refractivity contribution < 1.29 is 9.53 Å². The summed E-state index contributed by atoms with van der Waals surface area (Å²) in [5, 5.41) is 11.1. The monoisotopic (exact) mass is 298 g/mol. The molecule has 1 aromatic rings. The number of rotatable bonds is 2. The van der Waals surface area contributed by atoms with E-state index in [2.05, 4.69) is 20.4 Å². The number of hydrogen-bond donors (Lipinski definition) is 1. The Morgan fingerprint density at radius 2 is 2.20 bits per heavy atom.